The van der Waals surface area contributed by atoms with Gasteiger partial charge < -0.3 is 25.5 Å². The topological polar surface area (TPSA) is 105 Å². The summed E-state index contributed by atoms with van der Waals surface area (Å²) >= 11 is 6.20. The molecular formula is C25H27ClN4O3. The number of halogens is 1. The zero-order chi connectivity index (χ0) is 23.5. The fraction of sp³-hybridized carbons (Fsp3) is 0.280. The van der Waals surface area contributed by atoms with Crippen molar-refractivity contribution in [3.05, 3.63) is 59.2 Å². The van der Waals surface area contributed by atoms with Crippen LogP contribution in [0.1, 0.15) is 24.2 Å². The number of anilines is 1. The highest BCUT2D eigenvalue weighted by atomic mass is 35.5. The Labute approximate surface area is 197 Å². The number of pyridine rings is 1. The number of carbonyl (C=O) groups excluding carboxylic acids is 1. The number of aliphatic hydroxyl groups is 1. The Hall–Kier alpha value is -3.13. The van der Waals surface area contributed by atoms with Gasteiger partial charge in [-0.2, -0.15) is 0 Å². The lowest BCUT2D eigenvalue weighted by Crippen LogP contribution is -2.40. The number of aromatic nitrogens is 1. The van der Waals surface area contributed by atoms with Gasteiger partial charge in [-0.25, -0.2) is 4.98 Å². The number of benzene rings is 2. The molecule has 172 valence electrons. The van der Waals surface area contributed by atoms with Crippen LogP contribution in [-0.4, -0.2) is 53.2 Å². The van der Waals surface area contributed by atoms with Gasteiger partial charge in [0.2, 0.25) is 0 Å². The molecule has 2 aromatic heterocycles. The van der Waals surface area contributed by atoms with Crippen LogP contribution in [0.4, 0.5) is 5.82 Å². The molecule has 4 aromatic rings. The van der Waals surface area contributed by atoms with Crippen LogP contribution in [-0.2, 0) is 0 Å². The summed E-state index contributed by atoms with van der Waals surface area (Å²) in [6.45, 7) is 6.47. The van der Waals surface area contributed by atoms with Crippen LogP contribution >= 0.6 is 11.6 Å². The first-order chi connectivity index (χ1) is 15.9. The number of nitrogens with zero attached hydrogens (tertiary/aromatic N) is 2. The fourth-order valence-electron chi connectivity index (χ4n) is 3.91. The molecule has 2 heterocycles. The monoisotopic (exact) mass is 466 g/mol. The fourth-order valence-corrected chi connectivity index (χ4v) is 4.08. The number of fused-ring (bicyclic) bond motifs is 2. The molecule has 1 amide bonds. The zero-order valence-electron chi connectivity index (χ0n) is 18.6. The first kappa shape index (κ1) is 23.0. The molecule has 8 heteroatoms. The second-order valence-electron chi connectivity index (χ2n) is 7.96. The summed E-state index contributed by atoms with van der Waals surface area (Å²) in [4.78, 5) is 19.0. The maximum absolute atomic E-state index is 12.6. The summed E-state index contributed by atoms with van der Waals surface area (Å²) < 4.78 is 6.08. The summed E-state index contributed by atoms with van der Waals surface area (Å²) in [7, 11) is 0. The van der Waals surface area contributed by atoms with E-state index in [1.54, 1.807) is 24.4 Å². The van der Waals surface area contributed by atoms with Gasteiger partial charge in [0.25, 0.3) is 5.91 Å². The van der Waals surface area contributed by atoms with Crippen molar-refractivity contribution >= 4 is 45.1 Å². The minimum atomic E-state index is -0.638. The number of nitrogens with two attached hydrogens (primary N) is 1. The second-order valence-corrected chi connectivity index (χ2v) is 8.40. The predicted molar refractivity (Wildman–Crippen MR) is 133 cm³/mol. The molecule has 0 aliphatic heterocycles. The Morgan fingerprint density at radius 3 is 2.70 bits per heavy atom. The van der Waals surface area contributed by atoms with Gasteiger partial charge in [0.15, 0.2) is 0 Å². The number of aliphatic hydroxyl groups excluding tert-OH is 1. The van der Waals surface area contributed by atoms with Gasteiger partial charge in [-0.1, -0.05) is 37.6 Å². The lowest BCUT2D eigenvalue weighted by molar-refractivity contribution is 0.0869. The highest BCUT2D eigenvalue weighted by Gasteiger charge is 2.17. The van der Waals surface area contributed by atoms with Crippen molar-refractivity contribution in [3.63, 3.8) is 0 Å². The summed E-state index contributed by atoms with van der Waals surface area (Å²) in [6.07, 6.45) is 1.06. The predicted octanol–water partition coefficient (Wildman–Crippen LogP) is 4.32. The minimum Gasteiger partial charge on any atom is -0.456 e. The van der Waals surface area contributed by atoms with Gasteiger partial charge in [-0.15, -0.1) is 0 Å². The number of likely N-dealkylation sites (N-methyl/N-ethyl adjacent to an activating group) is 1. The number of furan rings is 1. The molecule has 0 saturated heterocycles. The molecule has 0 spiro atoms. The molecule has 33 heavy (non-hydrogen) atoms. The molecule has 0 fully saturated rings. The van der Waals surface area contributed by atoms with E-state index in [1.165, 1.54) is 0 Å². The molecule has 1 unspecified atom stereocenters. The average molecular weight is 467 g/mol. The highest BCUT2D eigenvalue weighted by Crippen LogP contribution is 2.37. The third-order valence-corrected chi connectivity index (χ3v) is 6.01. The van der Waals surface area contributed by atoms with Gasteiger partial charge in [0, 0.05) is 40.6 Å². The quantitative estimate of drug-likeness (QED) is 0.357. The molecule has 4 rings (SSSR count). The zero-order valence-corrected chi connectivity index (χ0v) is 19.4. The summed E-state index contributed by atoms with van der Waals surface area (Å²) in [5.41, 5.74) is 7.85. The van der Waals surface area contributed by atoms with Crippen LogP contribution in [0.2, 0.25) is 5.02 Å². The van der Waals surface area contributed by atoms with E-state index in [1.807, 2.05) is 38.1 Å². The van der Waals surface area contributed by atoms with E-state index < -0.39 is 6.10 Å². The molecule has 0 aliphatic rings. The molecule has 0 saturated carbocycles. The van der Waals surface area contributed by atoms with Crippen molar-refractivity contribution < 1.29 is 14.3 Å². The number of amides is 1. The number of nitrogen functional groups attached to an aromatic ring is 1. The molecule has 2 aromatic carbocycles. The summed E-state index contributed by atoms with van der Waals surface area (Å²) in [6, 6.07) is 12.6. The average Bonchev–Trinajstić information content (AvgIpc) is 3.23. The second kappa shape index (κ2) is 9.79. The standard InChI is InChI=1S/C25H27ClN4O3/c1-3-30(4-2)14-19(31)13-29-25(32)16-6-5-15-9-22(33-21(15)10-16)23-20-11-18(26)8-7-17(20)12-28-24(23)27/h5-12,19,31H,3-4,13-14H2,1-2H3,(H2,27,28)(H,29,32). The van der Waals surface area contributed by atoms with Gasteiger partial charge in [0.1, 0.15) is 17.2 Å². The molecule has 0 bridgehead atoms. The highest BCUT2D eigenvalue weighted by molar-refractivity contribution is 6.31. The molecule has 0 radical (unpaired) electrons. The Morgan fingerprint density at radius 2 is 1.94 bits per heavy atom. The third kappa shape index (κ3) is 4.95. The van der Waals surface area contributed by atoms with E-state index in [0.717, 1.165) is 29.2 Å². The Morgan fingerprint density at radius 1 is 1.18 bits per heavy atom. The van der Waals surface area contributed by atoms with Crippen LogP contribution in [0.25, 0.3) is 33.1 Å². The van der Waals surface area contributed by atoms with Gasteiger partial charge in [-0.3, -0.25) is 4.79 Å². The SMILES string of the molecule is CCN(CC)CC(O)CNC(=O)c1ccc2cc(-c3c(N)ncc4ccc(Cl)cc34)oc2c1. The number of hydrogen-bond acceptors (Lipinski definition) is 6. The number of hydrogen-bond donors (Lipinski definition) is 3. The van der Waals surface area contributed by atoms with E-state index in [4.69, 9.17) is 21.8 Å². The number of nitrogens with one attached hydrogen (secondary N) is 1. The first-order valence-electron chi connectivity index (χ1n) is 11.0. The van der Waals surface area contributed by atoms with E-state index >= 15 is 0 Å². The molecule has 1 atom stereocenters. The maximum Gasteiger partial charge on any atom is 0.251 e. The van der Waals surface area contributed by atoms with Crippen LogP contribution in [0, 0.1) is 0 Å². The number of rotatable bonds is 8. The van der Waals surface area contributed by atoms with E-state index in [2.05, 4.69) is 15.2 Å². The van der Waals surface area contributed by atoms with Crippen LogP contribution in [0.15, 0.2) is 53.1 Å². The third-order valence-electron chi connectivity index (χ3n) is 5.77. The molecular weight excluding hydrogens is 440 g/mol. The van der Waals surface area contributed by atoms with Crippen molar-refractivity contribution in [2.75, 3.05) is 31.9 Å². The first-order valence-corrected chi connectivity index (χ1v) is 11.3. The van der Waals surface area contributed by atoms with Gasteiger partial charge >= 0.3 is 0 Å². The molecule has 7 nitrogen and oxygen atoms in total. The summed E-state index contributed by atoms with van der Waals surface area (Å²) in [5.74, 6) is 0.616. The minimum absolute atomic E-state index is 0.176. The Balaban J connectivity index is 1.58. The number of carbonyl (C=O) groups is 1. The lowest BCUT2D eigenvalue weighted by Gasteiger charge is -2.21. The normalized spacial score (nSPS) is 12.5. The van der Waals surface area contributed by atoms with Crippen molar-refractivity contribution in [1.82, 2.24) is 15.2 Å². The Bertz CT molecular complexity index is 1290. The van der Waals surface area contributed by atoms with Gasteiger partial charge in [0.05, 0.1) is 11.7 Å². The van der Waals surface area contributed by atoms with Crippen LogP contribution in [0.5, 0.6) is 0 Å². The van der Waals surface area contributed by atoms with Crippen molar-refractivity contribution in [1.29, 1.82) is 0 Å². The van der Waals surface area contributed by atoms with Gasteiger partial charge in [-0.05, 0) is 48.8 Å². The summed E-state index contributed by atoms with van der Waals surface area (Å²) in [5, 5.41) is 16.2. The maximum atomic E-state index is 12.6. The molecule has 4 N–H and O–H groups in total. The van der Waals surface area contributed by atoms with Crippen molar-refractivity contribution in [2.45, 2.75) is 20.0 Å². The van der Waals surface area contributed by atoms with Crippen LogP contribution < -0.4 is 11.1 Å². The van der Waals surface area contributed by atoms with E-state index in [-0.39, 0.29) is 12.5 Å². The van der Waals surface area contributed by atoms with E-state index in [0.29, 0.717) is 39.9 Å². The van der Waals surface area contributed by atoms with Crippen molar-refractivity contribution in [2.24, 2.45) is 0 Å². The van der Waals surface area contributed by atoms with E-state index in [9.17, 15) is 9.90 Å². The lowest BCUT2D eigenvalue weighted by atomic mass is 10.0. The largest absolute Gasteiger partial charge is 0.456 e. The van der Waals surface area contributed by atoms with Crippen molar-refractivity contribution in [3.8, 4) is 11.3 Å². The van der Waals surface area contributed by atoms with Crippen LogP contribution in [0.3, 0.4) is 0 Å². The molecule has 0 aliphatic carbocycles. The Kier molecular flexibility index (Phi) is 6.83. The smallest absolute Gasteiger partial charge is 0.251 e.